The van der Waals surface area contributed by atoms with Crippen LogP contribution in [0.4, 0.5) is 5.69 Å². The van der Waals surface area contributed by atoms with Crippen molar-refractivity contribution in [1.29, 1.82) is 0 Å². The van der Waals surface area contributed by atoms with Gasteiger partial charge in [-0.2, -0.15) is 0 Å². The van der Waals surface area contributed by atoms with E-state index < -0.39 is 0 Å². The fraction of sp³-hybridized carbons (Fsp3) is 0.235. The average Bonchev–Trinajstić information content (AvgIpc) is 2.67. The zero-order valence-electron chi connectivity index (χ0n) is 11.3. The van der Waals surface area contributed by atoms with Gasteiger partial charge in [-0.3, -0.25) is 0 Å². The average molecular weight is 286 g/mol. The van der Waals surface area contributed by atoms with E-state index in [2.05, 4.69) is 18.0 Å². The highest BCUT2D eigenvalue weighted by Crippen LogP contribution is 2.32. The molecule has 20 heavy (non-hydrogen) atoms. The molecule has 3 rings (SSSR count). The molecule has 102 valence electrons. The number of hydrogen-bond donors (Lipinski definition) is 0. The molecular formula is C17H16ClNO. The Balaban J connectivity index is 1.98. The van der Waals surface area contributed by atoms with Crippen molar-refractivity contribution >= 4 is 23.2 Å². The Kier molecular flexibility index (Phi) is 3.75. The Morgan fingerprint density at radius 1 is 1.15 bits per heavy atom. The molecule has 2 aromatic rings. The molecule has 2 nitrogen and oxygen atoms in total. The van der Waals surface area contributed by atoms with Crippen LogP contribution in [0.15, 0.2) is 53.5 Å². The molecule has 0 aliphatic carbocycles. The molecule has 0 saturated heterocycles. The van der Waals surface area contributed by atoms with Crippen molar-refractivity contribution in [1.82, 2.24) is 0 Å². The molecule has 0 radical (unpaired) electrons. The summed E-state index contributed by atoms with van der Waals surface area (Å²) in [4.78, 5) is 4.62. The maximum absolute atomic E-state index is 6.08. The lowest BCUT2D eigenvalue weighted by molar-refractivity contribution is 0.190. The summed E-state index contributed by atoms with van der Waals surface area (Å²) in [6.45, 7) is 2.06. The van der Waals surface area contributed by atoms with Crippen LogP contribution in [0.2, 0.25) is 5.02 Å². The first-order valence-electron chi connectivity index (χ1n) is 6.84. The second kappa shape index (κ2) is 5.68. The first kappa shape index (κ1) is 13.2. The van der Waals surface area contributed by atoms with Gasteiger partial charge in [-0.25, -0.2) is 4.99 Å². The summed E-state index contributed by atoms with van der Waals surface area (Å²) in [7, 11) is 0. The van der Waals surface area contributed by atoms with Gasteiger partial charge in [0.1, 0.15) is 6.10 Å². The Morgan fingerprint density at radius 2 is 1.90 bits per heavy atom. The molecule has 0 fully saturated rings. The normalized spacial score (nSPS) is 17.7. The molecular weight excluding hydrogens is 270 g/mol. The summed E-state index contributed by atoms with van der Waals surface area (Å²) in [6.07, 6.45) is 1.61. The van der Waals surface area contributed by atoms with Crippen molar-refractivity contribution in [2.45, 2.75) is 25.9 Å². The van der Waals surface area contributed by atoms with E-state index >= 15 is 0 Å². The zero-order chi connectivity index (χ0) is 13.9. The molecule has 0 aromatic heterocycles. The number of fused-ring (bicyclic) bond motifs is 1. The predicted molar refractivity (Wildman–Crippen MR) is 82.8 cm³/mol. The smallest absolute Gasteiger partial charge is 0.188 e. The Bertz CT molecular complexity index is 634. The van der Waals surface area contributed by atoms with Gasteiger partial charge in [0, 0.05) is 17.9 Å². The van der Waals surface area contributed by atoms with Crippen LogP contribution in [0.25, 0.3) is 0 Å². The molecule has 0 saturated carbocycles. The van der Waals surface area contributed by atoms with Crippen LogP contribution in [0, 0.1) is 0 Å². The van der Waals surface area contributed by atoms with Crippen LogP contribution in [0.3, 0.4) is 0 Å². The van der Waals surface area contributed by atoms with E-state index in [9.17, 15) is 0 Å². The molecule has 1 aliphatic heterocycles. The molecule has 1 aliphatic rings. The second-order valence-corrected chi connectivity index (χ2v) is 5.29. The van der Waals surface area contributed by atoms with Crippen LogP contribution in [0.5, 0.6) is 0 Å². The summed E-state index contributed by atoms with van der Waals surface area (Å²) in [5.74, 6) is 0.787. The SMILES string of the molecule is CCC1=Nc2ccccc2CC(c2ccc(Cl)cc2)O1. The van der Waals surface area contributed by atoms with E-state index in [0.717, 1.165) is 35.0 Å². The third-order valence-electron chi connectivity index (χ3n) is 3.46. The number of rotatable bonds is 2. The summed E-state index contributed by atoms with van der Waals surface area (Å²) in [5, 5.41) is 0.743. The van der Waals surface area contributed by atoms with Crippen molar-refractivity contribution in [3.8, 4) is 0 Å². The van der Waals surface area contributed by atoms with Crippen LogP contribution >= 0.6 is 11.6 Å². The van der Waals surface area contributed by atoms with Gasteiger partial charge in [0.2, 0.25) is 0 Å². The maximum Gasteiger partial charge on any atom is 0.188 e. The van der Waals surface area contributed by atoms with Gasteiger partial charge < -0.3 is 4.74 Å². The minimum absolute atomic E-state index is 0.00498. The van der Waals surface area contributed by atoms with Gasteiger partial charge >= 0.3 is 0 Å². The van der Waals surface area contributed by atoms with Crippen molar-refractivity contribution < 1.29 is 4.74 Å². The largest absolute Gasteiger partial charge is 0.472 e. The minimum Gasteiger partial charge on any atom is -0.472 e. The van der Waals surface area contributed by atoms with Crippen LogP contribution in [-0.4, -0.2) is 5.90 Å². The highest BCUT2D eigenvalue weighted by molar-refractivity contribution is 6.30. The lowest BCUT2D eigenvalue weighted by Gasteiger charge is -2.18. The molecule has 2 aromatic carbocycles. The number of benzene rings is 2. The Morgan fingerprint density at radius 3 is 2.65 bits per heavy atom. The van der Waals surface area contributed by atoms with E-state index in [0.29, 0.717) is 0 Å². The molecule has 3 heteroatoms. The molecule has 1 heterocycles. The van der Waals surface area contributed by atoms with Gasteiger partial charge in [-0.15, -0.1) is 0 Å². The number of aliphatic imine (C=N–C) groups is 1. The fourth-order valence-corrected chi connectivity index (χ4v) is 2.51. The first-order valence-corrected chi connectivity index (χ1v) is 7.21. The van der Waals surface area contributed by atoms with Gasteiger partial charge in [0.05, 0.1) is 5.69 Å². The Labute approximate surface area is 124 Å². The number of hydrogen-bond acceptors (Lipinski definition) is 2. The minimum atomic E-state index is -0.00498. The summed E-state index contributed by atoms with van der Waals surface area (Å²) in [5.41, 5.74) is 3.36. The van der Waals surface area contributed by atoms with E-state index in [1.807, 2.05) is 42.5 Å². The third kappa shape index (κ3) is 2.70. The van der Waals surface area contributed by atoms with E-state index in [-0.39, 0.29) is 6.10 Å². The van der Waals surface area contributed by atoms with Crippen molar-refractivity contribution in [2.24, 2.45) is 4.99 Å². The molecule has 0 N–H and O–H groups in total. The first-order chi connectivity index (χ1) is 9.76. The van der Waals surface area contributed by atoms with Crippen LogP contribution in [-0.2, 0) is 11.2 Å². The topological polar surface area (TPSA) is 21.6 Å². The fourth-order valence-electron chi connectivity index (χ4n) is 2.38. The van der Waals surface area contributed by atoms with Gasteiger partial charge in [0.15, 0.2) is 5.90 Å². The van der Waals surface area contributed by atoms with Crippen molar-refractivity contribution in [3.63, 3.8) is 0 Å². The second-order valence-electron chi connectivity index (χ2n) is 4.85. The molecule has 1 unspecified atom stereocenters. The lowest BCUT2D eigenvalue weighted by Crippen LogP contribution is -2.11. The van der Waals surface area contributed by atoms with Gasteiger partial charge in [0.25, 0.3) is 0 Å². The lowest BCUT2D eigenvalue weighted by atomic mass is 10.0. The highest BCUT2D eigenvalue weighted by Gasteiger charge is 2.20. The number of halogens is 1. The van der Waals surface area contributed by atoms with Crippen LogP contribution in [0.1, 0.15) is 30.6 Å². The van der Waals surface area contributed by atoms with Crippen molar-refractivity contribution in [2.75, 3.05) is 0 Å². The summed E-state index contributed by atoms with van der Waals surface area (Å²) < 4.78 is 6.08. The predicted octanol–water partition coefficient (Wildman–Crippen LogP) is 5.09. The summed E-state index contributed by atoms with van der Waals surface area (Å²) >= 11 is 5.96. The van der Waals surface area contributed by atoms with Gasteiger partial charge in [-0.05, 0) is 29.3 Å². The van der Waals surface area contributed by atoms with E-state index in [4.69, 9.17) is 16.3 Å². The zero-order valence-corrected chi connectivity index (χ0v) is 12.1. The molecule has 0 amide bonds. The van der Waals surface area contributed by atoms with Crippen molar-refractivity contribution in [3.05, 3.63) is 64.7 Å². The molecule has 0 spiro atoms. The third-order valence-corrected chi connectivity index (χ3v) is 3.72. The maximum atomic E-state index is 6.08. The number of nitrogens with zero attached hydrogens (tertiary/aromatic N) is 1. The molecule has 1 atom stereocenters. The summed E-state index contributed by atoms with van der Waals surface area (Å²) in [6, 6.07) is 16.1. The van der Waals surface area contributed by atoms with Gasteiger partial charge in [-0.1, -0.05) is 48.9 Å². The number of ether oxygens (including phenoxy) is 1. The molecule has 0 bridgehead atoms. The standard InChI is InChI=1S/C17H16ClNO/c1-2-17-19-15-6-4-3-5-13(15)11-16(20-17)12-7-9-14(18)10-8-12/h3-10,16H,2,11H2,1H3. The highest BCUT2D eigenvalue weighted by atomic mass is 35.5. The monoisotopic (exact) mass is 285 g/mol. The number of para-hydroxylation sites is 1. The van der Waals surface area contributed by atoms with Crippen LogP contribution < -0.4 is 0 Å². The quantitative estimate of drug-likeness (QED) is 0.753. The Hall–Kier alpha value is -1.80. The van der Waals surface area contributed by atoms with E-state index in [1.165, 1.54) is 5.56 Å². The van der Waals surface area contributed by atoms with E-state index in [1.54, 1.807) is 0 Å².